The first-order valence-electron chi connectivity index (χ1n) is 4.41. The van der Waals surface area contributed by atoms with Crippen LogP contribution in [0.2, 0.25) is 0 Å². The van der Waals surface area contributed by atoms with E-state index in [9.17, 15) is 9.59 Å². The van der Waals surface area contributed by atoms with Gasteiger partial charge in [0.2, 0.25) is 0 Å². The lowest BCUT2D eigenvalue weighted by atomic mass is 10.2. The molecule has 0 aliphatic heterocycles. The van der Waals surface area contributed by atoms with Crippen molar-refractivity contribution < 1.29 is 18.7 Å². The topological polar surface area (TPSA) is 94.6 Å². The average molecular weight is 220 g/mol. The number of amides is 1. The summed E-state index contributed by atoms with van der Waals surface area (Å²) in [5.41, 5.74) is 2.30. The van der Waals surface area contributed by atoms with Gasteiger partial charge in [-0.1, -0.05) is 6.07 Å². The summed E-state index contributed by atoms with van der Waals surface area (Å²) < 4.78 is 10.0. The molecular formula is C10H8N2O4. The van der Waals surface area contributed by atoms with Crippen LogP contribution in [0.25, 0.3) is 11.0 Å². The number of hydrogen-bond donors (Lipinski definition) is 2. The standard InChI is InChI=1S/C10H8N2O4/c11-12-10(14)16-9-3-1-2-8-7(9)4-6(5-13)15-8/h1-5H,11H2,(H,12,14). The summed E-state index contributed by atoms with van der Waals surface area (Å²) in [7, 11) is 0. The van der Waals surface area contributed by atoms with Crippen molar-refractivity contribution in [3.05, 3.63) is 30.0 Å². The molecule has 0 saturated carbocycles. The van der Waals surface area contributed by atoms with E-state index in [0.717, 1.165) is 0 Å². The molecule has 0 radical (unpaired) electrons. The van der Waals surface area contributed by atoms with Crippen molar-refractivity contribution in [2.75, 3.05) is 0 Å². The number of furan rings is 1. The van der Waals surface area contributed by atoms with Crippen LogP contribution in [0.5, 0.6) is 5.75 Å². The van der Waals surface area contributed by atoms with Gasteiger partial charge < -0.3 is 9.15 Å². The van der Waals surface area contributed by atoms with E-state index < -0.39 is 6.09 Å². The van der Waals surface area contributed by atoms with Gasteiger partial charge in [-0.05, 0) is 18.2 Å². The van der Waals surface area contributed by atoms with Crippen LogP contribution in [-0.4, -0.2) is 12.4 Å². The molecule has 2 aromatic rings. The second-order valence-electron chi connectivity index (χ2n) is 2.97. The smallest absolute Gasteiger partial charge is 0.426 e. The molecule has 0 fully saturated rings. The van der Waals surface area contributed by atoms with Gasteiger partial charge in [0.15, 0.2) is 12.0 Å². The van der Waals surface area contributed by atoms with E-state index in [1.54, 1.807) is 18.2 Å². The van der Waals surface area contributed by atoms with Crippen molar-refractivity contribution >= 4 is 23.3 Å². The SMILES string of the molecule is NNC(=O)Oc1cccc2oc(C=O)cc12. The summed E-state index contributed by atoms with van der Waals surface area (Å²) >= 11 is 0. The Morgan fingerprint density at radius 2 is 2.31 bits per heavy atom. The fourth-order valence-corrected chi connectivity index (χ4v) is 1.33. The first kappa shape index (κ1) is 10.2. The Hall–Kier alpha value is -2.34. The zero-order valence-corrected chi connectivity index (χ0v) is 8.10. The molecule has 0 aliphatic carbocycles. The number of fused-ring (bicyclic) bond motifs is 1. The van der Waals surface area contributed by atoms with Crippen LogP contribution >= 0.6 is 0 Å². The van der Waals surface area contributed by atoms with E-state index in [0.29, 0.717) is 17.3 Å². The third-order valence-corrected chi connectivity index (χ3v) is 1.98. The maximum absolute atomic E-state index is 10.9. The number of hydrazine groups is 1. The van der Waals surface area contributed by atoms with Gasteiger partial charge in [-0.2, -0.15) is 0 Å². The molecule has 0 spiro atoms. The Morgan fingerprint density at radius 1 is 1.50 bits per heavy atom. The molecule has 1 heterocycles. The Labute approximate surface area is 89.9 Å². The number of hydrogen-bond acceptors (Lipinski definition) is 5. The van der Waals surface area contributed by atoms with E-state index in [1.165, 1.54) is 6.07 Å². The highest BCUT2D eigenvalue weighted by Gasteiger charge is 2.10. The predicted octanol–water partition coefficient (Wildman–Crippen LogP) is 1.21. The zero-order valence-electron chi connectivity index (χ0n) is 8.10. The molecule has 6 nitrogen and oxygen atoms in total. The maximum Gasteiger partial charge on any atom is 0.426 e. The molecule has 1 amide bonds. The van der Waals surface area contributed by atoms with E-state index in [2.05, 4.69) is 0 Å². The number of rotatable bonds is 2. The highest BCUT2D eigenvalue weighted by atomic mass is 16.6. The minimum atomic E-state index is -0.790. The molecule has 0 atom stereocenters. The number of carbonyl (C=O) groups excluding carboxylic acids is 2. The van der Waals surface area contributed by atoms with Crippen LogP contribution in [0, 0.1) is 0 Å². The summed E-state index contributed by atoms with van der Waals surface area (Å²) in [5.74, 6) is 5.33. The minimum absolute atomic E-state index is 0.166. The lowest BCUT2D eigenvalue weighted by Gasteiger charge is -2.02. The second-order valence-corrected chi connectivity index (χ2v) is 2.97. The molecule has 0 aliphatic rings. The Morgan fingerprint density at radius 3 is 3.00 bits per heavy atom. The monoisotopic (exact) mass is 220 g/mol. The molecule has 6 heteroatoms. The van der Waals surface area contributed by atoms with Crippen molar-refractivity contribution in [1.29, 1.82) is 0 Å². The summed E-state index contributed by atoms with van der Waals surface area (Å²) in [5, 5.41) is 0.535. The van der Waals surface area contributed by atoms with Crippen LogP contribution in [0.1, 0.15) is 10.6 Å². The highest BCUT2D eigenvalue weighted by molar-refractivity contribution is 5.91. The van der Waals surface area contributed by atoms with Crippen LogP contribution in [0.3, 0.4) is 0 Å². The van der Waals surface area contributed by atoms with Crippen LogP contribution < -0.4 is 16.0 Å². The van der Waals surface area contributed by atoms with E-state index in [-0.39, 0.29) is 11.5 Å². The molecule has 0 bridgehead atoms. The maximum atomic E-state index is 10.9. The quantitative estimate of drug-likeness (QED) is 0.343. The number of carbonyl (C=O) groups is 2. The van der Waals surface area contributed by atoms with Crippen LogP contribution in [-0.2, 0) is 0 Å². The van der Waals surface area contributed by atoms with Crippen molar-refractivity contribution in [2.24, 2.45) is 5.84 Å². The van der Waals surface area contributed by atoms with Gasteiger partial charge in [0.1, 0.15) is 11.3 Å². The molecule has 16 heavy (non-hydrogen) atoms. The molecule has 0 saturated heterocycles. The van der Waals surface area contributed by atoms with Gasteiger partial charge in [-0.3, -0.25) is 10.2 Å². The average Bonchev–Trinajstić information content (AvgIpc) is 2.73. The molecule has 0 unspecified atom stereocenters. The molecule has 1 aromatic carbocycles. The number of nitrogens with two attached hydrogens (primary N) is 1. The third-order valence-electron chi connectivity index (χ3n) is 1.98. The van der Waals surface area contributed by atoms with Crippen LogP contribution in [0.15, 0.2) is 28.7 Å². The van der Waals surface area contributed by atoms with Gasteiger partial charge in [0, 0.05) is 0 Å². The number of aldehydes is 1. The number of ether oxygens (including phenoxy) is 1. The molecule has 82 valence electrons. The van der Waals surface area contributed by atoms with Gasteiger partial charge in [0.05, 0.1) is 5.39 Å². The summed E-state index contributed by atoms with van der Waals surface area (Å²) in [6, 6.07) is 6.36. The third kappa shape index (κ3) is 1.73. The van der Waals surface area contributed by atoms with Crippen molar-refractivity contribution in [1.82, 2.24) is 5.43 Å². The van der Waals surface area contributed by atoms with E-state index >= 15 is 0 Å². The number of benzene rings is 1. The predicted molar refractivity (Wildman–Crippen MR) is 54.9 cm³/mol. The fourth-order valence-electron chi connectivity index (χ4n) is 1.33. The largest absolute Gasteiger partial charge is 0.453 e. The normalized spacial score (nSPS) is 10.1. The van der Waals surface area contributed by atoms with Gasteiger partial charge in [-0.25, -0.2) is 10.6 Å². The van der Waals surface area contributed by atoms with E-state index in [1.807, 2.05) is 5.43 Å². The summed E-state index contributed by atoms with van der Waals surface area (Å²) in [6.45, 7) is 0. The van der Waals surface area contributed by atoms with Crippen molar-refractivity contribution in [3.8, 4) is 5.75 Å². The first-order valence-corrected chi connectivity index (χ1v) is 4.41. The van der Waals surface area contributed by atoms with Gasteiger partial charge in [0.25, 0.3) is 0 Å². The molecule has 3 N–H and O–H groups in total. The highest BCUT2D eigenvalue weighted by Crippen LogP contribution is 2.28. The molecule has 2 rings (SSSR count). The minimum Gasteiger partial charge on any atom is -0.453 e. The van der Waals surface area contributed by atoms with E-state index in [4.69, 9.17) is 15.0 Å². The Bertz CT molecular complexity index is 547. The first-order chi connectivity index (χ1) is 7.74. The van der Waals surface area contributed by atoms with Crippen molar-refractivity contribution in [3.63, 3.8) is 0 Å². The summed E-state index contributed by atoms with van der Waals surface area (Å²) in [6.07, 6.45) is -0.214. The van der Waals surface area contributed by atoms with Gasteiger partial charge >= 0.3 is 6.09 Å². The number of nitrogens with one attached hydrogen (secondary N) is 1. The lowest BCUT2D eigenvalue weighted by Crippen LogP contribution is -2.32. The Balaban J connectivity index is 2.48. The lowest BCUT2D eigenvalue weighted by molar-refractivity contribution is 0.110. The fraction of sp³-hybridized carbons (Fsp3) is 0. The second kappa shape index (κ2) is 4.03. The zero-order chi connectivity index (χ0) is 11.5. The summed E-state index contributed by atoms with van der Waals surface area (Å²) in [4.78, 5) is 21.5. The Kier molecular flexibility index (Phi) is 2.57. The molecular weight excluding hydrogens is 212 g/mol. The van der Waals surface area contributed by atoms with Gasteiger partial charge in [-0.15, -0.1) is 0 Å². The van der Waals surface area contributed by atoms with Crippen LogP contribution in [0.4, 0.5) is 4.79 Å². The molecule has 1 aromatic heterocycles. The van der Waals surface area contributed by atoms with Crippen molar-refractivity contribution in [2.45, 2.75) is 0 Å².